The van der Waals surface area contributed by atoms with E-state index in [-0.39, 0.29) is 24.4 Å². The second-order valence-corrected chi connectivity index (χ2v) is 8.71. The van der Waals surface area contributed by atoms with Crippen molar-refractivity contribution in [3.8, 4) is 11.6 Å². The monoisotopic (exact) mass is 399 g/mol. The Morgan fingerprint density at radius 3 is 2.62 bits per heavy atom. The van der Waals surface area contributed by atoms with Crippen LogP contribution in [0.3, 0.4) is 0 Å². The molecule has 0 bridgehead atoms. The molecule has 1 aliphatic heterocycles. The van der Waals surface area contributed by atoms with Crippen LogP contribution in [0.25, 0.3) is 5.69 Å². The third kappa shape index (κ3) is 5.25. The van der Waals surface area contributed by atoms with Crippen molar-refractivity contribution in [1.82, 2.24) is 14.7 Å². The Bertz CT molecular complexity index is 836. The summed E-state index contributed by atoms with van der Waals surface area (Å²) in [7, 11) is 0. The molecule has 6 heteroatoms. The highest BCUT2D eigenvalue weighted by Gasteiger charge is 2.29. The summed E-state index contributed by atoms with van der Waals surface area (Å²) in [6.45, 7) is 11.0. The van der Waals surface area contributed by atoms with Crippen molar-refractivity contribution in [2.75, 3.05) is 32.8 Å². The number of carbonyl (C=O) groups excluding carboxylic acids is 1. The van der Waals surface area contributed by atoms with Gasteiger partial charge in [-0.15, -0.1) is 5.10 Å². The van der Waals surface area contributed by atoms with Gasteiger partial charge in [-0.05, 0) is 62.9 Å². The molecular weight excluding hydrogens is 366 g/mol. The van der Waals surface area contributed by atoms with E-state index in [1.807, 2.05) is 24.7 Å². The number of ketones is 1. The number of hydrogen-bond acceptors (Lipinski definition) is 5. The van der Waals surface area contributed by atoms with Crippen LogP contribution in [0, 0.1) is 12.3 Å². The highest BCUT2D eigenvalue weighted by molar-refractivity contribution is 5.81. The van der Waals surface area contributed by atoms with E-state index < -0.39 is 0 Å². The minimum absolute atomic E-state index is 0.0222. The number of piperidine rings is 1. The lowest BCUT2D eigenvalue weighted by Crippen LogP contribution is -2.42. The van der Waals surface area contributed by atoms with Gasteiger partial charge in [-0.2, -0.15) is 0 Å². The van der Waals surface area contributed by atoms with Gasteiger partial charge in [0.25, 0.3) is 0 Å². The molecule has 1 fully saturated rings. The molecule has 158 valence electrons. The van der Waals surface area contributed by atoms with Gasteiger partial charge in [-0.25, -0.2) is 4.68 Å². The maximum Gasteiger partial charge on any atom is 0.233 e. The summed E-state index contributed by atoms with van der Waals surface area (Å²) >= 11 is 0. The first kappa shape index (κ1) is 21.5. The zero-order valence-corrected chi connectivity index (χ0v) is 18.0. The SMILES string of the molecule is CC(=O)C(C)(C)CN1CCC(c2ccc(-n3ccc(OCCO)n3)c(C)c2)CC1. The summed E-state index contributed by atoms with van der Waals surface area (Å²) < 4.78 is 7.19. The molecule has 1 aliphatic rings. The third-order valence-electron chi connectivity index (χ3n) is 6.00. The predicted molar refractivity (Wildman–Crippen MR) is 114 cm³/mol. The van der Waals surface area contributed by atoms with Gasteiger partial charge in [0.2, 0.25) is 5.88 Å². The van der Waals surface area contributed by atoms with Crippen LogP contribution in [0.4, 0.5) is 0 Å². The molecule has 6 nitrogen and oxygen atoms in total. The zero-order chi connectivity index (χ0) is 21.0. The normalized spacial score (nSPS) is 16.2. The van der Waals surface area contributed by atoms with Crippen LogP contribution in [0.5, 0.6) is 5.88 Å². The number of benzene rings is 1. The number of hydrogen-bond donors (Lipinski definition) is 1. The predicted octanol–water partition coefficient (Wildman–Crippen LogP) is 3.35. The molecule has 2 aromatic rings. The van der Waals surface area contributed by atoms with Gasteiger partial charge in [-0.3, -0.25) is 4.79 Å². The minimum atomic E-state index is -0.269. The number of rotatable bonds is 8. The zero-order valence-electron chi connectivity index (χ0n) is 18.0. The van der Waals surface area contributed by atoms with Crippen molar-refractivity contribution in [2.45, 2.75) is 46.5 Å². The maximum atomic E-state index is 11.8. The number of nitrogens with zero attached hydrogens (tertiary/aromatic N) is 3. The van der Waals surface area contributed by atoms with Gasteiger partial charge < -0.3 is 14.7 Å². The van der Waals surface area contributed by atoms with Gasteiger partial charge in [0.05, 0.1) is 12.3 Å². The van der Waals surface area contributed by atoms with Gasteiger partial charge in [0.15, 0.2) is 0 Å². The van der Waals surface area contributed by atoms with Crippen molar-refractivity contribution in [3.05, 3.63) is 41.6 Å². The Hall–Kier alpha value is -2.18. The fraction of sp³-hybridized carbons (Fsp3) is 0.565. The molecule has 0 saturated carbocycles. The number of Topliss-reactive ketones (excluding diaryl/α,β-unsaturated/α-hetero) is 1. The molecule has 0 spiro atoms. The fourth-order valence-electron chi connectivity index (χ4n) is 3.95. The number of ether oxygens (including phenoxy) is 1. The maximum absolute atomic E-state index is 11.8. The van der Waals surface area contributed by atoms with E-state index in [1.54, 1.807) is 13.0 Å². The number of aryl methyl sites for hydroxylation is 1. The molecule has 29 heavy (non-hydrogen) atoms. The molecule has 1 aromatic heterocycles. The molecule has 1 aromatic carbocycles. The van der Waals surface area contributed by atoms with Crippen molar-refractivity contribution < 1.29 is 14.6 Å². The lowest BCUT2D eigenvalue weighted by atomic mass is 9.85. The first-order chi connectivity index (χ1) is 13.8. The molecular formula is C23H33N3O3. The summed E-state index contributed by atoms with van der Waals surface area (Å²) in [5.74, 6) is 1.33. The Labute approximate surface area is 173 Å². The van der Waals surface area contributed by atoms with E-state index in [1.165, 1.54) is 11.1 Å². The fourth-order valence-corrected chi connectivity index (χ4v) is 3.95. The van der Waals surface area contributed by atoms with Gasteiger partial charge >= 0.3 is 0 Å². The van der Waals surface area contributed by atoms with Crippen LogP contribution in [0.2, 0.25) is 0 Å². The highest BCUT2D eigenvalue weighted by atomic mass is 16.5. The van der Waals surface area contributed by atoms with E-state index in [4.69, 9.17) is 9.84 Å². The Balaban J connectivity index is 1.62. The minimum Gasteiger partial charge on any atom is -0.474 e. The van der Waals surface area contributed by atoms with E-state index in [0.29, 0.717) is 11.8 Å². The molecule has 0 aliphatic carbocycles. The van der Waals surface area contributed by atoms with E-state index >= 15 is 0 Å². The smallest absolute Gasteiger partial charge is 0.233 e. The van der Waals surface area contributed by atoms with Crippen LogP contribution in [0.1, 0.15) is 50.7 Å². The lowest BCUT2D eigenvalue weighted by molar-refractivity contribution is -0.126. The lowest BCUT2D eigenvalue weighted by Gasteiger charge is -2.36. The van der Waals surface area contributed by atoms with Gasteiger partial charge in [-0.1, -0.05) is 26.0 Å². The summed E-state index contributed by atoms with van der Waals surface area (Å²) in [5.41, 5.74) is 3.32. The third-order valence-corrected chi connectivity index (χ3v) is 6.00. The molecule has 1 saturated heterocycles. The molecule has 1 N–H and O–H groups in total. The number of aliphatic hydroxyl groups is 1. The molecule has 0 radical (unpaired) electrons. The number of likely N-dealkylation sites (tertiary alicyclic amines) is 1. The van der Waals surface area contributed by atoms with E-state index in [2.05, 4.69) is 35.1 Å². The molecule has 2 heterocycles. The number of aromatic nitrogens is 2. The van der Waals surface area contributed by atoms with Crippen LogP contribution in [0.15, 0.2) is 30.5 Å². The Morgan fingerprint density at radius 1 is 1.28 bits per heavy atom. The Morgan fingerprint density at radius 2 is 2.00 bits per heavy atom. The van der Waals surface area contributed by atoms with Crippen LogP contribution in [-0.2, 0) is 4.79 Å². The van der Waals surface area contributed by atoms with Crippen molar-refractivity contribution in [1.29, 1.82) is 0 Å². The van der Waals surface area contributed by atoms with Gasteiger partial charge in [0.1, 0.15) is 12.4 Å². The topological polar surface area (TPSA) is 67.6 Å². The molecule has 0 atom stereocenters. The molecule has 0 amide bonds. The second kappa shape index (κ2) is 9.09. The van der Waals surface area contributed by atoms with Crippen LogP contribution < -0.4 is 4.74 Å². The van der Waals surface area contributed by atoms with Crippen molar-refractivity contribution in [3.63, 3.8) is 0 Å². The largest absolute Gasteiger partial charge is 0.474 e. The summed E-state index contributed by atoms with van der Waals surface area (Å²) in [6, 6.07) is 8.41. The van der Waals surface area contributed by atoms with Crippen molar-refractivity contribution in [2.24, 2.45) is 5.41 Å². The van der Waals surface area contributed by atoms with Crippen LogP contribution >= 0.6 is 0 Å². The summed E-state index contributed by atoms with van der Waals surface area (Å²) in [5, 5.41) is 13.3. The second-order valence-electron chi connectivity index (χ2n) is 8.71. The average molecular weight is 400 g/mol. The first-order valence-corrected chi connectivity index (χ1v) is 10.4. The first-order valence-electron chi connectivity index (χ1n) is 10.4. The summed E-state index contributed by atoms with van der Waals surface area (Å²) in [4.78, 5) is 14.2. The van der Waals surface area contributed by atoms with Gasteiger partial charge in [0, 0.05) is 24.2 Å². The van der Waals surface area contributed by atoms with Crippen molar-refractivity contribution >= 4 is 5.78 Å². The van der Waals surface area contributed by atoms with E-state index in [9.17, 15) is 4.79 Å². The quantitative estimate of drug-likeness (QED) is 0.737. The summed E-state index contributed by atoms with van der Waals surface area (Å²) in [6.07, 6.45) is 4.12. The average Bonchev–Trinajstić information content (AvgIpc) is 3.15. The highest BCUT2D eigenvalue weighted by Crippen LogP contribution is 2.31. The van der Waals surface area contributed by atoms with E-state index in [0.717, 1.165) is 38.2 Å². The number of aliphatic hydroxyl groups excluding tert-OH is 1. The molecule has 3 rings (SSSR count). The van der Waals surface area contributed by atoms with Crippen LogP contribution in [-0.4, -0.2) is 58.4 Å². The Kier molecular flexibility index (Phi) is 6.75. The number of carbonyl (C=O) groups is 1. The standard InChI is InChI=1S/C23H33N3O3/c1-17-15-20(5-6-21(17)26-12-9-22(24-26)29-14-13-27)19-7-10-25(11-8-19)16-23(3,4)18(2)28/h5-6,9,12,15,19,27H,7-8,10-11,13-14,16H2,1-4H3. The molecule has 0 unspecified atom stereocenters.